The minimum Gasteiger partial charge on any atom is -0.497 e. The van der Waals surface area contributed by atoms with Crippen molar-refractivity contribution >= 4 is 11.6 Å². The predicted molar refractivity (Wildman–Crippen MR) is 103 cm³/mol. The Morgan fingerprint density at radius 3 is 2.36 bits per heavy atom. The first-order valence-corrected chi connectivity index (χ1v) is 9.04. The highest BCUT2D eigenvalue weighted by molar-refractivity contribution is 5.99. The molecule has 3 aromatic rings. The van der Waals surface area contributed by atoms with Gasteiger partial charge in [0.2, 0.25) is 0 Å². The predicted octanol–water partition coefficient (Wildman–Crippen LogP) is 3.45. The molecule has 0 atom stereocenters. The molecule has 1 saturated heterocycles. The first-order chi connectivity index (χ1) is 13.7. The van der Waals surface area contributed by atoms with Gasteiger partial charge in [-0.25, -0.2) is 4.39 Å². The van der Waals surface area contributed by atoms with Crippen LogP contribution in [-0.2, 0) is 0 Å². The number of hydrogen-bond donors (Lipinski definition) is 0. The van der Waals surface area contributed by atoms with E-state index in [1.807, 2.05) is 24.3 Å². The first-order valence-electron chi connectivity index (χ1n) is 9.04. The monoisotopic (exact) mass is 381 g/mol. The van der Waals surface area contributed by atoms with Crippen molar-refractivity contribution in [3.05, 3.63) is 66.1 Å². The highest BCUT2D eigenvalue weighted by Crippen LogP contribution is 2.27. The molecule has 28 heavy (non-hydrogen) atoms. The fourth-order valence-electron chi connectivity index (χ4n) is 3.33. The lowest BCUT2D eigenvalue weighted by Gasteiger charge is -2.36. The van der Waals surface area contributed by atoms with Crippen molar-refractivity contribution in [2.45, 2.75) is 0 Å². The molecule has 1 aromatic heterocycles. The number of hydrogen-bond acceptors (Lipinski definition) is 5. The van der Waals surface area contributed by atoms with Crippen LogP contribution < -0.4 is 9.64 Å². The summed E-state index contributed by atoms with van der Waals surface area (Å²) in [6.07, 6.45) is 1.47. The molecular weight excluding hydrogens is 361 g/mol. The summed E-state index contributed by atoms with van der Waals surface area (Å²) in [7, 11) is 1.60. The summed E-state index contributed by atoms with van der Waals surface area (Å²) in [5, 5.41) is 3.83. The highest BCUT2D eigenvalue weighted by Gasteiger charge is 2.26. The van der Waals surface area contributed by atoms with E-state index < -0.39 is 0 Å². The molecule has 0 bridgehead atoms. The van der Waals surface area contributed by atoms with Crippen LogP contribution in [0.2, 0.25) is 0 Å². The van der Waals surface area contributed by atoms with E-state index in [1.54, 1.807) is 24.1 Å². The van der Waals surface area contributed by atoms with Gasteiger partial charge in [-0.2, -0.15) is 0 Å². The van der Waals surface area contributed by atoms with E-state index in [0.29, 0.717) is 37.5 Å². The molecule has 6 nitrogen and oxygen atoms in total. The third-order valence-corrected chi connectivity index (χ3v) is 4.91. The number of amides is 1. The van der Waals surface area contributed by atoms with Crippen LogP contribution in [0.5, 0.6) is 5.75 Å². The lowest BCUT2D eigenvalue weighted by atomic mass is 10.1. The van der Waals surface area contributed by atoms with Gasteiger partial charge in [-0.3, -0.25) is 4.79 Å². The SMILES string of the molecule is COc1ccc(-c2oncc2C(=O)N2CCN(c3ccc(F)cc3)CC2)cc1. The maximum Gasteiger partial charge on any atom is 0.259 e. The normalized spacial score (nSPS) is 14.2. The second kappa shape index (κ2) is 7.72. The summed E-state index contributed by atoms with van der Waals surface area (Å²) in [5.74, 6) is 0.823. The largest absolute Gasteiger partial charge is 0.497 e. The fourth-order valence-corrected chi connectivity index (χ4v) is 3.33. The fraction of sp³-hybridized carbons (Fsp3) is 0.238. The minimum atomic E-state index is -0.254. The van der Waals surface area contributed by atoms with Gasteiger partial charge in [0.15, 0.2) is 5.76 Å². The van der Waals surface area contributed by atoms with Crippen molar-refractivity contribution < 1.29 is 18.4 Å². The van der Waals surface area contributed by atoms with E-state index in [9.17, 15) is 9.18 Å². The Bertz CT molecular complexity index is 946. The molecule has 0 spiro atoms. The van der Waals surface area contributed by atoms with Crippen molar-refractivity contribution in [1.29, 1.82) is 0 Å². The standard InChI is InChI=1S/C21H20FN3O3/c1-27-18-8-2-15(3-9-18)20-19(14-23-28-20)21(26)25-12-10-24(11-13-25)17-6-4-16(22)5-7-17/h2-9,14H,10-13H2,1H3. The summed E-state index contributed by atoms with van der Waals surface area (Å²) >= 11 is 0. The summed E-state index contributed by atoms with van der Waals surface area (Å²) in [4.78, 5) is 16.9. The smallest absolute Gasteiger partial charge is 0.259 e. The molecule has 1 aliphatic heterocycles. The third-order valence-electron chi connectivity index (χ3n) is 4.91. The number of rotatable bonds is 4. The maximum absolute atomic E-state index is 13.1. The molecule has 1 aliphatic rings. The molecule has 0 radical (unpaired) electrons. The molecule has 1 fully saturated rings. The second-order valence-corrected chi connectivity index (χ2v) is 6.55. The number of piperazine rings is 1. The number of ether oxygens (including phenoxy) is 1. The lowest BCUT2D eigenvalue weighted by molar-refractivity contribution is 0.0747. The van der Waals surface area contributed by atoms with Gasteiger partial charge in [0, 0.05) is 37.4 Å². The Balaban J connectivity index is 1.46. The van der Waals surface area contributed by atoms with Crippen LogP contribution in [0.3, 0.4) is 0 Å². The van der Waals surface area contributed by atoms with Crippen LogP contribution in [0.1, 0.15) is 10.4 Å². The Morgan fingerprint density at radius 1 is 1.04 bits per heavy atom. The number of aromatic nitrogens is 1. The van der Waals surface area contributed by atoms with Gasteiger partial charge in [0.05, 0.1) is 13.3 Å². The number of carbonyl (C=O) groups is 1. The molecule has 7 heteroatoms. The number of anilines is 1. The van der Waals surface area contributed by atoms with E-state index >= 15 is 0 Å². The Labute approximate surface area is 162 Å². The summed E-state index contributed by atoms with van der Waals surface area (Å²) < 4.78 is 23.6. The van der Waals surface area contributed by atoms with Gasteiger partial charge in [0.25, 0.3) is 5.91 Å². The van der Waals surface area contributed by atoms with Crippen molar-refractivity contribution in [3.63, 3.8) is 0 Å². The van der Waals surface area contributed by atoms with E-state index in [4.69, 9.17) is 9.26 Å². The van der Waals surface area contributed by atoms with Crippen molar-refractivity contribution in [1.82, 2.24) is 10.1 Å². The van der Waals surface area contributed by atoms with Crippen molar-refractivity contribution in [2.24, 2.45) is 0 Å². The van der Waals surface area contributed by atoms with Gasteiger partial charge in [0.1, 0.15) is 17.1 Å². The Kier molecular flexibility index (Phi) is 4.97. The Hall–Kier alpha value is -3.35. The van der Waals surface area contributed by atoms with Crippen molar-refractivity contribution in [3.8, 4) is 17.1 Å². The van der Waals surface area contributed by atoms with Gasteiger partial charge in [-0.05, 0) is 48.5 Å². The van der Waals surface area contributed by atoms with Gasteiger partial charge in [-0.15, -0.1) is 0 Å². The Morgan fingerprint density at radius 2 is 1.71 bits per heavy atom. The number of methoxy groups -OCH3 is 1. The first kappa shape index (κ1) is 18.0. The van der Waals surface area contributed by atoms with Gasteiger partial charge < -0.3 is 19.1 Å². The average Bonchev–Trinajstić information content (AvgIpc) is 3.24. The topological polar surface area (TPSA) is 58.8 Å². The highest BCUT2D eigenvalue weighted by atomic mass is 19.1. The van der Waals surface area contributed by atoms with Crippen molar-refractivity contribution in [2.75, 3.05) is 38.2 Å². The molecule has 0 saturated carbocycles. The van der Waals surface area contributed by atoms with E-state index in [2.05, 4.69) is 10.1 Å². The summed E-state index contributed by atoms with van der Waals surface area (Å²) in [6, 6.07) is 13.7. The zero-order chi connectivity index (χ0) is 19.5. The third kappa shape index (κ3) is 3.55. The summed E-state index contributed by atoms with van der Waals surface area (Å²) in [6.45, 7) is 2.51. The quantitative estimate of drug-likeness (QED) is 0.693. The van der Waals surface area contributed by atoms with Crippen LogP contribution in [0, 0.1) is 5.82 Å². The van der Waals surface area contributed by atoms with Crippen LogP contribution in [0.25, 0.3) is 11.3 Å². The second-order valence-electron chi connectivity index (χ2n) is 6.55. The van der Waals surface area contributed by atoms with Crippen LogP contribution in [-0.4, -0.2) is 49.3 Å². The number of halogens is 1. The molecule has 1 amide bonds. The molecule has 4 rings (SSSR count). The molecule has 0 aliphatic carbocycles. The van der Waals surface area contributed by atoms with E-state index in [1.165, 1.54) is 18.3 Å². The molecule has 2 aromatic carbocycles. The number of carbonyl (C=O) groups excluding carboxylic acids is 1. The molecular formula is C21H20FN3O3. The molecule has 2 heterocycles. The van der Waals surface area contributed by atoms with Gasteiger partial charge >= 0.3 is 0 Å². The maximum atomic E-state index is 13.1. The zero-order valence-electron chi connectivity index (χ0n) is 15.5. The molecule has 144 valence electrons. The van der Waals surface area contributed by atoms with E-state index in [-0.39, 0.29) is 11.7 Å². The van der Waals surface area contributed by atoms with Crippen LogP contribution in [0.4, 0.5) is 10.1 Å². The van der Waals surface area contributed by atoms with Gasteiger partial charge in [-0.1, -0.05) is 5.16 Å². The summed E-state index contributed by atoms with van der Waals surface area (Å²) in [5.41, 5.74) is 2.17. The molecule has 0 N–H and O–H groups in total. The van der Waals surface area contributed by atoms with E-state index in [0.717, 1.165) is 17.0 Å². The number of nitrogens with zero attached hydrogens (tertiary/aromatic N) is 3. The molecule has 0 unspecified atom stereocenters. The van der Waals surface area contributed by atoms with Crippen LogP contribution >= 0.6 is 0 Å². The lowest BCUT2D eigenvalue weighted by Crippen LogP contribution is -2.48. The average molecular weight is 381 g/mol. The minimum absolute atomic E-state index is 0.106. The number of benzene rings is 2. The zero-order valence-corrected chi connectivity index (χ0v) is 15.5. The van der Waals surface area contributed by atoms with Crippen LogP contribution in [0.15, 0.2) is 59.3 Å².